The lowest BCUT2D eigenvalue weighted by Gasteiger charge is -2.16. The van der Waals surface area contributed by atoms with Gasteiger partial charge in [0, 0.05) is 38.3 Å². The first kappa shape index (κ1) is 24.0. The number of hydrogen-bond donors (Lipinski definition) is 2. The molecule has 0 aliphatic carbocycles. The predicted octanol–water partition coefficient (Wildman–Crippen LogP) is 2.64. The van der Waals surface area contributed by atoms with Gasteiger partial charge in [-0.2, -0.15) is 0 Å². The maximum Gasteiger partial charge on any atom is 0.484 e. The average molecular weight is 365 g/mol. The smallest absolute Gasteiger partial charge is 0.376 e. The van der Waals surface area contributed by atoms with Crippen molar-refractivity contribution >= 4 is 9.53 Å². The van der Waals surface area contributed by atoms with Gasteiger partial charge in [-0.15, -0.1) is 0 Å². The molecule has 1 aliphatic rings. The highest BCUT2D eigenvalue weighted by atomic mass is 28.3. The molecule has 0 aromatic carbocycles. The molecule has 0 amide bonds. The van der Waals surface area contributed by atoms with E-state index in [-0.39, 0.29) is 6.04 Å². The van der Waals surface area contributed by atoms with Gasteiger partial charge in [-0.25, -0.2) is 5.48 Å². The van der Waals surface area contributed by atoms with Crippen molar-refractivity contribution in [3.05, 3.63) is 0 Å². The van der Waals surface area contributed by atoms with Crippen molar-refractivity contribution in [2.45, 2.75) is 72.3 Å². The summed E-state index contributed by atoms with van der Waals surface area (Å²) in [6, 6.07) is 0.255. The van der Waals surface area contributed by atoms with Crippen LogP contribution in [0.4, 0.5) is 0 Å². The molecule has 0 spiro atoms. The highest BCUT2D eigenvalue weighted by molar-refractivity contribution is 6.36. The molecule has 0 aromatic heterocycles. The molecule has 6 nitrogen and oxygen atoms in total. The number of unbranched alkanes of at least 4 members (excludes halogenated alkanes) is 3. The quantitative estimate of drug-likeness (QED) is 0.386. The summed E-state index contributed by atoms with van der Waals surface area (Å²) >= 11 is 0. The van der Waals surface area contributed by atoms with Crippen LogP contribution in [-0.4, -0.2) is 48.5 Å². The van der Waals surface area contributed by atoms with Crippen molar-refractivity contribution in [2.75, 3.05) is 33.0 Å². The van der Waals surface area contributed by atoms with Gasteiger partial charge in [-0.3, -0.25) is 0 Å². The fourth-order valence-corrected chi connectivity index (χ4v) is 3.21. The molecule has 2 atom stereocenters. The van der Waals surface area contributed by atoms with Gasteiger partial charge in [0.2, 0.25) is 0 Å². The van der Waals surface area contributed by atoms with Crippen LogP contribution >= 0.6 is 0 Å². The monoisotopic (exact) mass is 364 g/mol. The molecule has 1 rings (SSSR count). The molecule has 146 valence electrons. The number of hydroxylamine groups is 1. The molecule has 0 aromatic rings. The second-order valence-corrected chi connectivity index (χ2v) is 7.82. The molecule has 1 fully saturated rings. The summed E-state index contributed by atoms with van der Waals surface area (Å²) < 4.78 is 17.0. The summed E-state index contributed by atoms with van der Waals surface area (Å²) in [6.45, 7) is 12.5. The lowest BCUT2D eigenvalue weighted by atomic mass is 10.1. The van der Waals surface area contributed by atoms with Crippen LogP contribution in [-0.2, 0) is 18.1 Å². The first-order valence-electron chi connectivity index (χ1n) is 9.60. The van der Waals surface area contributed by atoms with E-state index in [1.54, 1.807) is 0 Å². The van der Waals surface area contributed by atoms with E-state index in [1.807, 2.05) is 6.92 Å². The third kappa shape index (κ3) is 14.3. The van der Waals surface area contributed by atoms with E-state index in [9.17, 15) is 0 Å². The van der Waals surface area contributed by atoms with Gasteiger partial charge in [-0.05, 0) is 26.2 Å². The third-order valence-electron chi connectivity index (χ3n) is 3.74. The van der Waals surface area contributed by atoms with Gasteiger partial charge < -0.3 is 23.8 Å². The largest absolute Gasteiger partial charge is 0.484 e. The number of nitrogens with one attached hydrogen (secondary N) is 1. The van der Waals surface area contributed by atoms with Crippen LogP contribution in [0, 0.1) is 5.92 Å². The van der Waals surface area contributed by atoms with Crippen LogP contribution in [0.5, 0.6) is 0 Å². The van der Waals surface area contributed by atoms with Crippen molar-refractivity contribution < 1.29 is 18.1 Å². The van der Waals surface area contributed by atoms with Crippen molar-refractivity contribution in [3.8, 4) is 0 Å². The molecule has 1 saturated heterocycles. The van der Waals surface area contributed by atoms with E-state index < -0.39 is 9.53 Å². The first-order valence-corrected chi connectivity index (χ1v) is 11.0. The number of nitrogens with two attached hydrogens (primary N) is 1. The van der Waals surface area contributed by atoms with Crippen LogP contribution in [0.25, 0.3) is 0 Å². The highest BCUT2D eigenvalue weighted by Crippen LogP contribution is 2.04. The van der Waals surface area contributed by atoms with Gasteiger partial charge in [0.15, 0.2) is 0 Å². The van der Waals surface area contributed by atoms with E-state index in [1.165, 1.54) is 0 Å². The number of rotatable bonds is 13. The maximum absolute atomic E-state index is 5.67. The fraction of sp³-hybridized carbons (Fsp3) is 1.00. The lowest BCUT2D eigenvalue weighted by Crippen LogP contribution is -2.29. The molecule has 7 heteroatoms. The molecule has 1 aliphatic heterocycles. The summed E-state index contributed by atoms with van der Waals surface area (Å²) in [5.41, 5.74) is 8.35. The zero-order valence-corrected chi connectivity index (χ0v) is 17.4. The topological polar surface area (TPSA) is 75.0 Å². The lowest BCUT2D eigenvalue weighted by molar-refractivity contribution is 0.0899. The van der Waals surface area contributed by atoms with Crippen LogP contribution in [0.2, 0.25) is 0 Å². The normalized spacial score (nSPS) is 18.5. The van der Waals surface area contributed by atoms with Crippen molar-refractivity contribution in [1.29, 1.82) is 0 Å². The number of hydrogen-bond acceptors (Lipinski definition) is 6. The van der Waals surface area contributed by atoms with Crippen LogP contribution in [0.3, 0.4) is 0 Å². The summed E-state index contributed by atoms with van der Waals surface area (Å²) in [4.78, 5) is 4.89. The van der Waals surface area contributed by atoms with Gasteiger partial charge in [-0.1, -0.05) is 40.0 Å². The Balaban J connectivity index is 0.000000546. The molecule has 0 radical (unpaired) electrons. The predicted molar refractivity (Wildman–Crippen MR) is 101 cm³/mol. The molecule has 2 unspecified atom stereocenters. The molecule has 0 saturated carbocycles. The van der Waals surface area contributed by atoms with Crippen LogP contribution < -0.4 is 11.2 Å². The van der Waals surface area contributed by atoms with E-state index >= 15 is 0 Å². The molecule has 0 bridgehead atoms. The van der Waals surface area contributed by atoms with Crippen molar-refractivity contribution in [2.24, 2.45) is 11.7 Å². The van der Waals surface area contributed by atoms with E-state index in [0.29, 0.717) is 5.92 Å². The van der Waals surface area contributed by atoms with E-state index in [4.69, 9.17) is 23.8 Å². The zero-order valence-electron chi connectivity index (χ0n) is 16.2. The molecule has 24 heavy (non-hydrogen) atoms. The van der Waals surface area contributed by atoms with Gasteiger partial charge in [0.25, 0.3) is 0 Å². The Bertz CT molecular complexity index is 231. The molecular weight excluding hydrogens is 324 g/mol. The first-order chi connectivity index (χ1) is 11.7. The minimum absolute atomic E-state index is 0.255. The molecular formula is C17H40N2O4Si. The Kier molecular flexibility index (Phi) is 17.8. The minimum Gasteiger partial charge on any atom is -0.376 e. The van der Waals surface area contributed by atoms with Gasteiger partial charge in [0.1, 0.15) is 0 Å². The summed E-state index contributed by atoms with van der Waals surface area (Å²) in [7, 11) is -1.83. The Morgan fingerprint density at radius 1 is 1.00 bits per heavy atom. The van der Waals surface area contributed by atoms with E-state index in [2.05, 4.69) is 26.3 Å². The highest BCUT2D eigenvalue weighted by Gasteiger charge is 2.18. The summed E-state index contributed by atoms with van der Waals surface area (Å²) in [5.74, 6) is 0.509. The van der Waals surface area contributed by atoms with Gasteiger partial charge in [0.05, 0.1) is 6.61 Å². The van der Waals surface area contributed by atoms with Crippen molar-refractivity contribution in [1.82, 2.24) is 5.48 Å². The minimum atomic E-state index is -1.83. The zero-order chi connectivity index (χ0) is 18.0. The van der Waals surface area contributed by atoms with Gasteiger partial charge >= 0.3 is 9.53 Å². The third-order valence-corrected chi connectivity index (χ3v) is 5.27. The molecule has 1 heterocycles. The van der Waals surface area contributed by atoms with Crippen LogP contribution in [0.15, 0.2) is 0 Å². The Morgan fingerprint density at radius 3 is 1.71 bits per heavy atom. The second kappa shape index (κ2) is 17.8. The Morgan fingerprint density at radius 2 is 1.46 bits per heavy atom. The summed E-state index contributed by atoms with van der Waals surface area (Å²) in [6.07, 6.45) is 6.76. The fourth-order valence-electron chi connectivity index (χ4n) is 1.84. The second-order valence-electron chi connectivity index (χ2n) is 6.24. The molecule has 3 N–H and O–H groups in total. The Hall–Kier alpha value is -0.0231. The van der Waals surface area contributed by atoms with Crippen molar-refractivity contribution in [3.63, 3.8) is 0 Å². The van der Waals surface area contributed by atoms with Crippen LogP contribution in [0.1, 0.15) is 66.2 Å². The SMILES string of the molecule is CC(N)C1CNOC1.CCCCO[SiH](OCCCC)OCCCC. The maximum atomic E-state index is 5.67. The summed E-state index contributed by atoms with van der Waals surface area (Å²) in [5, 5.41) is 0. The average Bonchev–Trinajstić information content (AvgIpc) is 3.10. The Labute approximate surface area is 150 Å². The van der Waals surface area contributed by atoms with E-state index in [0.717, 1.165) is 71.5 Å². The standard InChI is InChI=1S/C12H28O3Si.C5H12N2O/c1-4-7-10-13-16(14-11-8-5-2)15-12-9-6-3;1-4(6)5-2-7-8-3-5/h16H,4-12H2,1-3H3;4-5,7H,2-3,6H2,1H3.